The van der Waals surface area contributed by atoms with Gasteiger partial charge in [-0.15, -0.1) is 0 Å². The van der Waals surface area contributed by atoms with E-state index in [0.29, 0.717) is 17.6 Å². The molecule has 0 saturated heterocycles. The van der Waals surface area contributed by atoms with E-state index >= 15 is 0 Å². The Morgan fingerprint density at radius 1 is 0.929 bits per heavy atom. The van der Waals surface area contributed by atoms with Gasteiger partial charge >= 0.3 is 0 Å². The fraction of sp³-hybridized carbons (Fsp3) is 0.417. The molecule has 4 heteroatoms. The molecule has 2 aromatic rings. The Balaban J connectivity index is 1.57. The Labute approximate surface area is 169 Å². The molecule has 0 aromatic heterocycles. The number of benzene rings is 2. The van der Waals surface area contributed by atoms with E-state index < -0.39 is 17.5 Å². The Hall–Kier alpha value is -1.74. The van der Waals surface area contributed by atoms with Gasteiger partial charge in [0.15, 0.2) is 0 Å². The van der Waals surface area contributed by atoms with Crippen LogP contribution >= 0.6 is 11.6 Å². The van der Waals surface area contributed by atoms with Crippen molar-refractivity contribution in [3.8, 4) is 0 Å². The van der Waals surface area contributed by atoms with Crippen LogP contribution in [-0.4, -0.2) is 0 Å². The summed E-state index contributed by atoms with van der Waals surface area (Å²) >= 11 is 5.83. The number of halogens is 4. The second-order valence-electron chi connectivity index (χ2n) is 8.18. The Morgan fingerprint density at radius 2 is 1.61 bits per heavy atom. The number of hydrogen-bond donors (Lipinski definition) is 0. The minimum absolute atomic E-state index is 0.00357. The van der Waals surface area contributed by atoms with Crippen LogP contribution in [0.15, 0.2) is 24.3 Å². The third-order valence-corrected chi connectivity index (χ3v) is 6.58. The first kappa shape index (κ1) is 19.6. The molecule has 0 bridgehead atoms. The van der Waals surface area contributed by atoms with Crippen molar-refractivity contribution < 1.29 is 13.2 Å². The van der Waals surface area contributed by atoms with Gasteiger partial charge in [-0.3, -0.25) is 0 Å². The van der Waals surface area contributed by atoms with Crippen molar-refractivity contribution >= 4 is 23.3 Å². The summed E-state index contributed by atoms with van der Waals surface area (Å²) in [7, 11) is 0. The van der Waals surface area contributed by atoms with Crippen LogP contribution in [0.1, 0.15) is 73.6 Å². The van der Waals surface area contributed by atoms with Crippen molar-refractivity contribution in [1.29, 1.82) is 0 Å². The van der Waals surface area contributed by atoms with Crippen molar-refractivity contribution in [2.24, 2.45) is 5.92 Å². The summed E-state index contributed by atoms with van der Waals surface area (Å²) in [5.74, 6) is -0.587. The lowest BCUT2D eigenvalue weighted by Gasteiger charge is -2.29. The summed E-state index contributed by atoms with van der Waals surface area (Å²) in [6.45, 7) is 2.20. The minimum Gasteiger partial charge on any atom is -0.206 e. The van der Waals surface area contributed by atoms with Crippen LogP contribution in [0.4, 0.5) is 13.2 Å². The molecule has 148 valence electrons. The summed E-state index contributed by atoms with van der Waals surface area (Å²) < 4.78 is 43.5. The Morgan fingerprint density at radius 3 is 2.25 bits per heavy atom. The summed E-state index contributed by atoms with van der Waals surface area (Å²) in [4.78, 5) is 0. The van der Waals surface area contributed by atoms with Crippen molar-refractivity contribution in [2.75, 3.05) is 0 Å². The molecule has 2 aliphatic carbocycles. The van der Waals surface area contributed by atoms with E-state index in [-0.39, 0.29) is 16.5 Å². The molecule has 1 saturated carbocycles. The van der Waals surface area contributed by atoms with E-state index in [1.54, 1.807) is 6.08 Å². The predicted molar refractivity (Wildman–Crippen MR) is 109 cm³/mol. The molecule has 0 nitrogen and oxygen atoms in total. The zero-order valence-corrected chi connectivity index (χ0v) is 16.8. The minimum atomic E-state index is -0.531. The monoisotopic (exact) mass is 404 g/mol. The van der Waals surface area contributed by atoms with Crippen LogP contribution in [0.5, 0.6) is 0 Å². The molecule has 2 aliphatic rings. The van der Waals surface area contributed by atoms with E-state index in [1.807, 2.05) is 0 Å². The lowest BCUT2D eigenvalue weighted by atomic mass is 9.77. The molecule has 0 spiro atoms. The molecule has 2 aromatic carbocycles. The molecule has 0 amide bonds. The van der Waals surface area contributed by atoms with E-state index in [2.05, 4.69) is 6.92 Å². The topological polar surface area (TPSA) is 0 Å². The zero-order valence-electron chi connectivity index (χ0n) is 16.0. The summed E-state index contributed by atoms with van der Waals surface area (Å²) in [5, 5.41) is 0.0196. The van der Waals surface area contributed by atoms with Gasteiger partial charge in [0.05, 0.1) is 5.02 Å². The first-order valence-corrected chi connectivity index (χ1v) is 10.5. The van der Waals surface area contributed by atoms with Gasteiger partial charge in [-0.25, -0.2) is 13.2 Å². The first-order chi connectivity index (χ1) is 13.5. The van der Waals surface area contributed by atoms with Gasteiger partial charge < -0.3 is 0 Å². The van der Waals surface area contributed by atoms with E-state index in [4.69, 9.17) is 11.6 Å². The molecular weight excluding hydrogens is 381 g/mol. The lowest BCUT2D eigenvalue weighted by Crippen LogP contribution is -2.14. The average Bonchev–Trinajstić information content (AvgIpc) is 3.04. The maximum absolute atomic E-state index is 14.9. The average molecular weight is 405 g/mol. The largest absolute Gasteiger partial charge is 0.206 e. The highest BCUT2D eigenvalue weighted by Crippen LogP contribution is 2.40. The van der Waals surface area contributed by atoms with Gasteiger partial charge in [0.2, 0.25) is 0 Å². The molecule has 0 radical (unpaired) electrons. The van der Waals surface area contributed by atoms with Crippen LogP contribution in [0.3, 0.4) is 0 Å². The summed E-state index contributed by atoms with van der Waals surface area (Å²) in [5.41, 5.74) is 2.72. The van der Waals surface area contributed by atoms with Gasteiger partial charge in [0.25, 0.3) is 0 Å². The van der Waals surface area contributed by atoms with Crippen LogP contribution in [0.2, 0.25) is 5.02 Å². The SMILES string of the molecule is CCCC1CCC(c2cc(F)c(C3=Cc4cc(Cl)c(F)cc4C3)c(F)c2)CC1. The highest BCUT2D eigenvalue weighted by molar-refractivity contribution is 6.31. The maximum atomic E-state index is 14.9. The zero-order chi connectivity index (χ0) is 19.8. The fourth-order valence-electron chi connectivity index (χ4n) is 4.82. The van der Waals surface area contributed by atoms with Gasteiger partial charge in [-0.1, -0.05) is 37.4 Å². The predicted octanol–water partition coefficient (Wildman–Crippen LogP) is 7.93. The van der Waals surface area contributed by atoms with Crippen LogP contribution in [0, 0.1) is 23.4 Å². The highest BCUT2D eigenvalue weighted by atomic mass is 35.5. The van der Waals surface area contributed by atoms with Gasteiger partial charge in [0, 0.05) is 5.56 Å². The van der Waals surface area contributed by atoms with Crippen molar-refractivity contribution in [2.45, 2.75) is 57.8 Å². The smallest absolute Gasteiger partial charge is 0.142 e. The van der Waals surface area contributed by atoms with E-state index in [0.717, 1.165) is 42.7 Å². The third-order valence-electron chi connectivity index (χ3n) is 6.29. The van der Waals surface area contributed by atoms with E-state index in [9.17, 15) is 13.2 Å². The summed E-state index contributed by atoms with van der Waals surface area (Å²) in [6.07, 6.45) is 8.71. The standard InChI is InChI=1S/C24H24ClF3/c1-2-3-14-4-6-15(7-5-14)18-12-22(27)24(23(28)13-18)19-8-16-10-20(25)21(26)11-17(16)9-19/h8,10-15H,2-7,9H2,1H3. The molecule has 0 heterocycles. The molecule has 0 unspecified atom stereocenters. The molecule has 0 N–H and O–H groups in total. The number of hydrogen-bond acceptors (Lipinski definition) is 0. The third kappa shape index (κ3) is 3.74. The quantitative estimate of drug-likeness (QED) is 0.485. The second kappa shape index (κ2) is 7.94. The van der Waals surface area contributed by atoms with Gasteiger partial charge in [-0.2, -0.15) is 0 Å². The van der Waals surface area contributed by atoms with E-state index in [1.165, 1.54) is 37.1 Å². The molecule has 28 heavy (non-hydrogen) atoms. The Kier molecular flexibility index (Phi) is 5.55. The van der Waals surface area contributed by atoms with Crippen molar-refractivity contribution in [3.63, 3.8) is 0 Å². The normalized spacial score (nSPS) is 21.5. The molecular formula is C24H24ClF3. The molecule has 4 rings (SSSR count). The second-order valence-corrected chi connectivity index (χ2v) is 8.58. The number of rotatable bonds is 4. The van der Waals surface area contributed by atoms with Crippen molar-refractivity contribution in [1.82, 2.24) is 0 Å². The van der Waals surface area contributed by atoms with Crippen LogP contribution < -0.4 is 0 Å². The number of fused-ring (bicyclic) bond motifs is 1. The number of allylic oxidation sites excluding steroid dienone is 1. The molecule has 0 aliphatic heterocycles. The Bertz CT molecular complexity index is 901. The van der Waals surface area contributed by atoms with Gasteiger partial charge in [0.1, 0.15) is 17.5 Å². The lowest BCUT2D eigenvalue weighted by molar-refractivity contribution is 0.307. The molecule has 0 atom stereocenters. The highest BCUT2D eigenvalue weighted by Gasteiger charge is 2.26. The fourth-order valence-corrected chi connectivity index (χ4v) is 5.00. The molecule has 1 fully saturated rings. The van der Waals surface area contributed by atoms with Gasteiger partial charge in [-0.05, 0) is 90.5 Å². The van der Waals surface area contributed by atoms with Crippen LogP contribution in [-0.2, 0) is 6.42 Å². The van der Waals surface area contributed by atoms with Crippen molar-refractivity contribution in [3.05, 3.63) is 69.0 Å². The first-order valence-electron chi connectivity index (χ1n) is 10.1. The summed E-state index contributed by atoms with van der Waals surface area (Å²) in [6, 6.07) is 5.86. The maximum Gasteiger partial charge on any atom is 0.142 e. The van der Waals surface area contributed by atoms with Crippen LogP contribution in [0.25, 0.3) is 11.6 Å².